The average molecular weight is 302 g/mol. The molecule has 0 aliphatic heterocycles. The molecule has 0 unspecified atom stereocenters. The van der Waals surface area contributed by atoms with Gasteiger partial charge in [0, 0.05) is 31.9 Å². The number of azo groups is 1. The Morgan fingerprint density at radius 2 is 2.00 bits per heavy atom. The van der Waals surface area contributed by atoms with E-state index in [1.54, 1.807) is 41.4 Å². The van der Waals surface area contributed by atoms with Gasteiger partial charge in [-0.3, -0.25) is 10.1 Å². The molecule has 0 saturated carbocycles. The highest BCUT2D eigenvalue weighted by atomic mass is 16.6. The van der Waals surface area contributed by atoms with Crippen molar-refractivity contribution >= 4 is 22.9 Å². The fraction of sp³-hybridized carbons (Fsp3) is 0.214. The summed E-state index contributed by atoms with van der Waals surface area (Å²) >= 11 is 0. The zero-order chi connectivity index (χ0) is 16.1. The number of anilines is 1. The number of hydrogen-bond acceptors (Lipinski definition) is 6. The molecule has 0 spiro atoms. The molecule has 0 N–H and O–H groups in total. The van der Waals surface area contributed by atoms with Gasteiger partial charge in [-0.1, -0.05) is 0 Å². The number of nitrogens with zero attached hydrogens (tertiary/aromatic N) is 5. The van der Waals surface area contributed by atoms with Crippen LogP contribution in [0.1, 0.15) is 0 Å². The third-order valence-corrected chi connectivity index (χ3v) is 2.93. The summed E-state index contributed by atoms with van der Waals surface area (Å²) in [6, 6.07) is 10.0. The fourth-order valence-corrected chi connectivity index (χ4v) is 1.78. The largest absolute Gasteiger partial charge is 0.388 e. The van der Waals surface area contributed by atoms with Gasteiger partial charge in [-0.15, -0.1) is 0 Å². The second kappa shape index (κ2) is 6.61. The van der Waals surface area contributed by atoms with Crippen LogP contribution in [0.5, 0.6) is 0 Å². The Morgan fingerprint density at radius 3 is 2.64 bits per heavy atom. The summed E-state index contributed by atoms with van der Waals surface area (Å²) in [6.45, 7) is 0. The first-order valence-corrected chi connectivity index (χ1v) is 6.45. The minimum absolute atomic E-state index is 0.102. The Labute approximate surface area is 127 Å². The normalized spacial score (nSPS) is 10.7. The molecule has 0 aliphatic rings. The Hall–Kier alpha value is -3.03. The maximum Gasteiger partial charge on any atom is 0.388 e. The maximum absolute atomic E-state index is 11.2. The summed E-state index contributed by atoms with van der Waals surface area (Å²) in [5, 5.41) is 19.2. The molecule has 0 aliphatic carbocycles. The molecule has 1 heterocycles. The van der Waals surface area contributed by atoms with Gasteiger partial charge in [-0.2, -0.15) is 0 Å². The smallest absolute Gasteiger partial charge is 0.377 e. The fourth-order valence-electron chi connectivity index (χ4n) is 1.78. The molecule has 8 nitrogen and oxygen atoms in total. The predicted octanol–water partition coefficient (Wildman–Crippen LogP) is 2.42. The van der Waals surface area contributed by atoms with Crippen LogP contribution in [0.4, 0.5) is 22.9 Å². The second-order valence-corrected chi connectivity index (χ2v) is 4.59. The SMILES string of the molecule is CO[n+]1ccccc1N=Nc1ccc(N(C)C)cc1[N+](=O)[O-]. The number of nitro benzene ring substituents is 1. The number of rotatable bonds is 5. The zero-order valence-corrected chi connectivity index (χ0v) is 12.5. The van der Waals surface area contributed by atoms with Crippen molar-refractivity contribution in [2.24, 2.45) is 10.2 Å². The molecule has 0 fully saturated rings. The highest BCUT2D eigenvalue weighted by Crippen LogP contribution is 2.32. The predicted molar refractivity (Wildman–Crippen MR) is 80.7 cm³/mol. The van der Waals surface area contributed by atoms with Gasteiger partial charge >= 0.3 is 11.5 Å². The van der Waals surface area contributed by atoms with Crippen LogP contribution in [0.25, 0.3) is 0 Å². The van der Waals surface area contributed by atoms with E-state index in [1.807, 2.05) is 14.1 Å². The molecule has 0 saturated heterocycles. The van der Waals surface area contributed by atoms with Crippen molar-refractivity contribution in [1.82, 2.24) is 0 Å². The lowest BCUT2D eigenvalue weighted by Crippen LogP contribution is -2.39. The van der Waals surface area contributed by atoms with E-state index >= 15 is 0 Å². The first kappa shape index (κ1) is 15.4. The number of pyridine rings is 1. The van der Waals surface area contributed by atoms with Crippen LogP contribution in [-0.2, 0) is 0 Å². The number of aromatic nitrogens is 1. The van der Waals surface area contributed by atoms with Crippen molar-refractivity contribution < 1.29 is 14.5 Å². The summed E-state index contributed by atoms with van der Waals surface area (Å²) in [4.78, 5) is 17.6. The van der Waals surface area contributed by atoms with Crippen LogP contribution in [0.15, 0.2) is 52.8 Å². The monoisotopic (exact) mass is 302 g/mol. The average Bonchev–Trinajstić information content (AvgIpc) is 2.52. The molecule has 8 heteroatoms. The summed E-state index contributed by atoms with van der Waals surface area (Å²) < 4.78 is 1.41. The molecular weight excluding hydrogens is 286 g/mol. The van der Waals surface area contributed by atoms with Crippen molar-refractivity contribution in [1.29, 1.82) is 0 Å². The number of hydrogen-bond donors (Lipinski definition) is 0. The van der Waals surface area contributed by atoms with Gasteiger partial charge in [0.25, 0.3) is 0 Å². The van der Waals surface area contributed by atoms with E-state index in [0.29, 0.717) is 5.82 Å². The van der Waals surface area contributed by atoms with E-state index in [4.69, 9.17) is 4.84 Å². The Balaban J connectivity index is 2.40. The molecule has 2 aromatic rings. The van der Waals surface area contributed by atoms with E-state index in [9.17, 15) is 10.1 Å². The molecule has 22 heavy (non-hydrogen) atoms. The molecule has 0 bridgehead atoms. The van der Waals surface area contributed by atoms with Crippen molar-refractivity contribution in [3.05, 3.63) is 52.7 Å². The van der Waals surface area contributed by atoms with E-state index in [2.05, 4.69) is 10.2 Å². The Bertz CT molecular complexity index is 715. The third kappa shape index (κ3) is 3.35. The lowest BCUT2D eigenvalue weighted by atomic mass is 10.2. The van der Waals surface area contributed by atoms with Gasteiger partial charge < -0.3 is 9.74 Å². The molecule has 1 aromatic heterocycles. The number of benzene rings is 1. The van der Waals surface area contributed by atoms with E-state index in [1.165, 1.54) is 17.9 Å². The van der Waals surface area contributed by atoms with Gasteiger partial charge in [0.15, 0.2) is 5.69 Å². The third-order valence-electron chi connectivity index (χ3n) is 2.93. The standard InChI is InChI=1S/C14H16N5O3/c1-17(2)11-7-8-12(13(10-11)19(20)21)15-16-14-6-4-5-9-18(14)22-3/h4-10H,1-3H3/q+1. The molecule has 1 aromatic carbocycles. The van der Waals surface area contributed by atoms with E-state index < -0.39 is 4.92 Å². The molecule has 0 atom stereocenters. The van der Waals surface area contributed by atoms with Crippen LogP contribution in [-0.4, -0.2) is 26.1 Å². The Kier molecular flexibility index (Phi) is 4.62. The first-order chi connectivity index (χ1) is 10.5. The van der Waals surface area contributed by atoms with Crippen molar-refractivity contribution in [3.63, 3.8) is 0 Å². The topological polar surface area (TPSA) is 84.2 Å². The van der Waals surface area contributed by atoms with E-state index in [0.717, 1.165) is 5.69 Å². The van der Waals surface area contributed by atoms with Gasteiger partial charge in [0.1, 0.15) is 13.3 Å². The van der Waals surface area contributed by atoms with Gasteiger partial charge in [0.05, 0.1) is 10.0 Å². The van der Waals surface area contributed by atoms with Gasteiger partial charge in [-0.25, -0.2) is 0 Å². The molecule has 114 valence electrons. The summed E-state index contributed by atoms with van der Waals surface area (Å²) in [5.74, 6) is 0.427. The van der Waals surface area contributed by atoms with Crippen molar-refractivity contribution in [3.8, 4) is 0 Å². The maximum atomic E-state index is 11.2. The van der Waals surface area contributed by atoms with Crippen LogP contribution < -0.4 is 14.5 Å². The van der Waals surface area contributed by atoms with Crippen LogP contribution in [0.3, 0.4) is 0 Å². The number of nitro groups is 1. The minimum Gasteiger partial charge on any atom is -0.377 e. The van der Waals surface area contributed by atoms with Gasteiger partial charge in [0.2, 0.25) is 0 Å². The first-order valence-electron chi connectivity index (χ1n) is 6.45. The molecular formula is C14H16N5O3+. The Morgan fingerprint density at radius 1 is 1.23 bits per heavy atom. The lowest BCUT2D eigenvalue weighted by Gasteiger charge is -2.11. The summed E-state index contributed by atoms with van der Waals surface area (Å²) in [5.41, 5.74) is 0.800. The highest BCUT2D eigenvalue weighted by molar-refractivity contribution is 5.65. The summed E-state index contributed by atoms with van der Waals surface area (Å²) in [7, 11) is 5.12. The lowest BCUT2D eigenvalue weighted by molar-refractivity contribution is -0.875. The van der Waals surface area contributed by atoms with Crippen LogP contribution in [0, 0.1) is 10.1 Å². The van der Waals surface area contributed by atoms with Crippen LogP contribution >= 0.6 is 0 Å². The molecule has 0 radical (unpaired) electrons. The summed E-state index contributed by atoms with van der Waals surface area (Å²) in [6.07, 6.45) is 1.66. The van der Waals surface area contributed by atoms with Crippen molar-refractivity contribution in [2.45, 2.75) is 0 Å². The van der Waals surface area contributed by atoms with Crippen LogP contribution in [0.2, 0.25) is 0 Å². The second-order valence-electron chi connectivity index (χ2n) is 4.59. The zero-order valence-electron chi connectivity index (χ0n) is 12.5. The molecule has 0 amide bonds. The quantitative estimate of drug-likeness (QED) is 0.367. The van der Waals surface area contributed by atoms with E-state index in [-0.39, 0.29) is 11.4 Å². The highest BCUT2D eigenvalue weighted by Gasteiger charge is 2.18. The minimum atomic E-state index is -0.475. The molecule has 2 rings (SSSR count). The van der Waals surface area contributed by atoms with Crippen molar-refractivity contribution in [2.75, 3.05) is 26.1 Å². The van der Waals surface area contributed by atoms with Gasteiger partial charge in [-0.05, 0) is 34.1 Å².